The highest BCUT2D eigenvalue weighted by Crippen LogP contribution is 2.37. The van der Waals surface area contributed by atoms with E-state index in [1.54, 1.807) is 18.2 Å². The summed E-state index contributed by atoms with van der Waals surface area (Å²) < 4.78 is 5.09. The highest BCUT2D eigenvalue weighted by molar-refractivity contribution is 5.46. The number of hydrogen-bond donors (Lipinski definition) is 2. The lowest BCUT2D eigenvalue weighted by molar-refractivity contribution is 0.115. The molecule has 0 heterocycles. The molecule has 0 aliphatic heterocycles. The summed E-state index contributed by atoms with van der Waals surface area (Å²) >= 11 is 0. The van der Waals surface area contributed by atoms with E-state index in [1.165, 1.54) is 13.2 Å². The minimum atomic E-state index is -0.667. The van der Waals surface area contributed by atoms with Crippen LogP contribution in [-0.2, 0) is 0 Å². The molecule has 88 valence electrons. The lowest BCUT2D eigenvalue weighted by Gasteiger charge is -2.20. The Morgan fingerprint density at radius 1 is 1.50 bits per heavy atom. The first-order chi connectivity index (χ1) is 7.61. The van der Waals surface area contributed by atoms with Crippen molar-refractivity contribution in [3.63, 3.8) is 0 Å². The van der Waals surface area contributed by atoms with E-state index >= 15 is 0 Å². The van der Waals surface area contributed by atoms with Gasteiger partial charge in [-0.15, -0.1) is 6.58 Å². The molecule has 0 amide bonds. The zero-order chi connectivity index (χ0) is 12.1. The van der Waals surface area contributed by atoms with Gasteiger partial charge in [0.2, 0.25) is 0 Å². The summed E-state index contributed by atoms with van der Waals surface area (Å²) in [7, 11) is 1.48. The normalized spacial score (nSPS) is 14.2. The fourth-order valence-corrected chi connectivity index (χ4v) is 1.70. The molecule has 0 unspecified atom stereocenters. The number of hydrogen-bond acceptors (Lipinski definition) is 3. The van der Waals surface area contributed by atoms with Crippen LogP contribution in [0.4, 0.5) is 0 Å². The molecule has 3 nitrogen and oxygen atoms in total. The smallest absolute Gasteiger partial charge is 0.166 e. The number of phenols is 1. The van der Waals surface area contributed by atoms with Crippen molar-refractivity contribution in [1.82, 2.24) is 0 Å². The highest BCUT2D eigenvalue weighted by atomic mass is 16.5. The van der Waals surface area contributed by atoms with Crippen LogP contribution in [0.5, 0.6) is 11.5 Å². The Morgan fingerprint density at radius 3 is 2.75 bits per heavy atom. The standard InChI is InChI=1S/C13H18O3/c1-4-6-9(2)12(15)10-7-5-8-11(14)13(10)16-3/h4-5,7-9,12,14-15H,1,6H2,2-3H3/t9-,12-/m1/s1. The van der Waals surface area contributed by atoms with E-state index in [0.29, 0.717) is 17.7 Å². The molecule has 16 heavy (non-hydrogen) atoms. The van der Waals surface area contributed by atoms with Gasteiger partial charge in [-0.25, -0.2) is 0 Å². The zero-order valence-corrected chi connectivity index (χ0v) is 9.68. The zero-order valence-electron chi connectivity index (χ0n) is 9.68. The molecule has 0 aromatic heterocycles. The van der Waals surface area contributed by atoms with Gasteiger partial charge < -0.3 is 14.9 Å². The minimum Gasteiger partial charge on any atom is -0.504 e. The molecule has 1 rings (SSSR count). The van der Waals surface area contributed by atoms with Crippen molar-refractivity contribution >= 4 is 0 Å². The third-order valence-corrected chi connectivity index (χ3v) is 2.62. The van der Waals surface area contributed by atoms with Gasteiger partial charge in [0.15, 0.2) is 11.5 Å². The Hall–Kier alpha value is -1.48. The van der Waals surface area contributed by atoms with Gasteiger partial charge in [0.25, 0.3) is 0 Å². The topological polar surface area (TPSA) is 49.7 Å². The molecule has 0 radical (unpaired) electrons. The largest absolute Gasteiger partial charge is 0.504 e. The second-order valence-corrected chi connectivity index (χ2v) is 3.85. The number of para-hydroxylation sites is 1. The van der Waals surface area contributed by atoms with Gasteiger partial charge in [-0.2, -0.15) is 0 Å². The van der Waals surface area contributed by atoms with Gasteiger partial charge in [-0.3, -0.25) is 0 Å². The molecule has 2 atom stereocenters. The summed E-state index contributed by atoms with van der Waals surface area (Å²) in [6, 6.07) is 4.98. The quantitative estimate of drug-likeness (QED) is 0.753. The summed E-state index contributed by atoms with van der Waals surface area (Å²) in [4.78, 5) is 0. The fraction of sp³-hybridized carbons (Fsp3) is 0.385. The summed E-state index contributed by atoms with van der Waals surface area (Å²) in [5.41, 5.74) is 0.608. The maximum Gasteiger partial charge on any atom is 0.166 e. The maximum atomic E-state index is 10.1. The van der Waals surface area contributed by atoms with Crippen molar-refractivity contribution in [3.8, 4) is 11.5 Å². The number of aliphatic hydroxyl groups is 1. The Kier molecular flexibility index (Phi) is 4.38. The van der Waals surface area contributed by atoms with Crippen molar-refractivity contribution in [1.29, 1.82) is 0 Å². The third kappa shape index (κ3) is 2.55. The second-order valence-electron chi connectivity index (χ2n) is 3.85. The first-order valence-electron chi connectivity index (χ1n) is 5.26. The number of methoxy groups -OCH3 is 1. The molecular weight excluding hydrogens is 204 g/mol. The molecule has 2 N–H and O–H groups in total. The molecule has 0 aliphatic rings. The number of benzene rings is 1. The van der Waals surface area contributed by atoms with Crippen LogP contribution in [0.25, 0.3) is 0 Å². The van der Waals surface area contributed by atoms with Crippen LogP contribution >= 0.6 is 0 Å². The van der Waals surface area contributed by atoms with E-state index < -0.39 is 6.10 Å². The van der Waals surface area contributed by atoms with Crippen LogP contribution in [0.15, 0.2) is 30.9 Å². The van der Waals surface area contributed by atoms with Gasteiger partial charge >= 0.3 is 0 Å². The van der Waals surface area contributed by atoms with E-state index in [0.717, 1.165) is 0 Å². The predicted molar refractivity (Wildman–Crippen MR) is 63.6 cm³/mol. The van der Waals surface area contributed by atoms with Crippen molar-refractivity contribution in [2.45, 2.75) is 19.4 Å². The van der Waals surface area contributed by atoms with E-state index in [9.17, 15) is 10.2 Å². The average Bonchev–Trinajstić information content (AvgIpc) is 2.28. The SMILES string of the molecule is C=CC[C@@H](C)[C@@H](O)c1cccc(O)c1OC. The monoisotopic (exact) mass is 222 g/mol. The van der Waals surface area contributed by atoms with Crippen LogP contribution in [0.1, 0.15) is 25.0 Å². The van der Waals surface area contributed by atoms with Gasteiger partial charge in [0.1, 0.15) is 0 Å². The summed E-state index contributed by atoms with van der Waals surface area (Å²) in [5.74, 6) is 0.420. The number of phenolic OH excluding ortho intramolecular Hbond substituents is 1. The van der Waals surface area contributed by atoms with E-state index in [4.69, 9.17) is 4.74 Å². The second kappa shape index (κ2) is 5.56. The van der Waals surface area contributed by atoms with Crippen LogP contribution < -0.4 is 4.74 Å². The van der Waals surface area contributed by atoms with Crippen molar-refractivity contribution in [2.75, 3.05) is 7.11 Å². The van der Waals surface area contributed by atoms with E-state index in [-0.39, 0.29) is 11.7 Å². The van der Waals surface area contributed by atoms with Crippen LogP contribution in [0.3, 0.4) is 0 Å². The van der Waals surface area contributed by atoms with Crippen molar-refractivity contribution in [3.05, 3.63) is 36.4 Å². The predicted octanol–water partition coefficient (Wildman–Crippen LogP) is 2.65. The lowest BCUT2D eigenvalue weighted by Crippen LogP contribution is -2.09. The van der Waals surface area contributed by atoms with E-state index in [1.807, 2.05) is 6.92 Å². The average molecular weight is 222 g/mol. The molecule has 3 heteroatoms. The number of aromatic hydroxyl groups is 1. The molecule has 1 aromatic rings. The van der Waals surface area contributed by atoms with Crippen LogP contribution in [-0.4, -0.2) is 17.3 Å². The van der Waals surface area contributed by atoms with Gasteiger partial charge in [0, 0.05) is 5.56 Å². The third-order valence-electron chi connectivity index (χ3n) is 2.62. The number of aliphatic hydroxyl groups excluding tert-OH is 1. The Labute approximate surface area is 96.0 Å². The van der Waals surface area contributed by atoms with Crippen molar-refractivity contribution < 1.29 is 14.9 Å². The number of rotatable bonds is 5. The number of allylic oxidation sites excluding steroid dienone is 1. The van der Waals surface area contributed by atoms with Crippen LogP contribution in [0, 0.1) is 5.92 Å². The Bertz CT molecular complexity index is 360. The Balaban J connectivity index is 3.02. The molecule has 0 bridgehead atoms. The molecule has 0 saturated carbocycles. The molecule has 0 saturated heterocycles. The summed E-state index contributed by atoms with van der Waals surface area (Å²) in [5, 5.41) is 19.7. The summed E-state index contributed by atoms with van der Waals surface area (Å²) in [6.45, 7) is 5.57. The van der Waals surface area contributed by atoms with Gasteiger partial charge in [-0.1, -0.05) is 25.1 Å². The van der Waals surface area contributed by atoms with E-state index in [2.05, 4.69) is 6.58 Å². The maximum absolute atomic E-state index is 10.1. The fourth-order valence-electron chi connectivity index (χ4n) is 1.70. The minimum absolute atomic E-state index is 0.0354. The Morgan fingerprint density at radius 2 is 2.19 bits per heavy atom. The highest BCUT2D eigenvalue weighted by Gasteiger charge is 2.20. The molecule has 0 fully saturated rings. The first-order valence-corrected chi connectivity index (χ1v) is 5.26. The van der Waals surface area contributed by atoms with Gasteiger partial charge in [0.05, 0.1) is 13.2 Å². The van der Waals surface area contributed by atoms with Crippen LogP contribution in [0.2, 0.25) is 0 Å². The molecule has 0 aliphatic carbocycles. The molecule has 0 spiro atoms. The number of ether oxygens (including phenoxy) is 1. The summed E-state index contributed by atoms with van der Waals surface area (Å²) in [6.07, 6.45) is 1.81. The molecular formula is C13H18O3. The van der Waals surface area contributed by atoms with Gasteiger partial charge in [-0.05, 0) is 18.4 Å². The van der Waals surface area contributed by atoms with Crippen molar-refractivity contribution in [2.24, 2.45) is 5.92 Å². The molecule has 1 aromatic carbocycles. The lowest BCUT2D eigenvalue weighted by atomic mass is 9.94. The first kappa shape index (κ1) is 12.6.